The molecule has 0 fully saturated rings. The van der Waals surface area contributed by atoms with E-state index in [2.05, 4.69) is 19.6 Å². The van der Waals surface area contributed by atoms with Crippen molar-refractivity contribution in [2.24, 2.45) is 0 Å². The van der Waals surface area contributed by atoms with Crippen molar-refractivity contribution in [3.63, 3.8) is 0 Å². The summed E-state index contributed by atoms with van der Waals surface area (Å²) in [5, 5.41) is 0. The molecule has 3 heteroatoms. The van der Waals surface area contributed by atoms with Gasteiger partial charge in [0.15, 0.2) is 5.78 Å². The number of hydrogen-bond donors (Lipinski definition) is 0. The first kappa shape index (κ1) is 10.4. The summed E-state index contributed by atoms with van der Waals surface area (Å²) in [6.45, 7) is 9.61. The minimum atomic E-state index is -1.51. The standard InChI is InChI=1S/C8H16O2Si/c1-7(9)6-8(2)10-11(3,4)5/h6H,1-5H3. The molecule has 0 amide bonds. The van der Waals surface area contributed by atoms with Crippen molar-refractivity contribution >= 4 is 14.1 Å². The summed E-state index contributed by atoms with van der Waals surface area (Å²) < 4.78 is 5.53. The summed E-state index contributed by atoms with van der Waals surface area (Å²) in [5.74, 6) is 0.775. The Labute approximate surface area is 69.4 Å². The van der Waals surface area contributed by atoms with Gasteiger partial charge in [0, 0.05) is 6.08 Å². The Morgan fingerprint density at radius 1 is 1.27 bits per heavy atom. The third kappa shape index (κ3) is 7.32. The van der Waals surface area contributed by atoms with E-state index in [1.54, 1.807) is 0 Å². The van der Waals surface area contributed by atoms with Crippen LogP contribution in [-0.4, -0.2) is 14.1 Å². The molecule has 2 nitrogen and oxygen atoms in total. The Kier molecular flexibility index (Phi) is 3.52. The third-order valence-electron chi connectivity index (χ3n) is 0.874. The SMILES string of the molecule is CC(=O)C=C(C)O[Si](C)(C)C. The van der Waals surface area contributed by atoms with Crippen LogP contribution in [0.25, 0.3) is 0 Å². The van der Waals surface area contributed by atoms with Gasteiger partial charge in [-0.05, 0) is 33.5 Å². The summed E-state index contributed by atoms with van der Waals surface area (Å²) >= 11 is 0. The van der Waals surface area contributed by atoms with E-state index in [-0.39, 0.29) is 5.78 Å². The van der Waals surface area contributed by atoms with Gasteiger partial charge in [-0.2, -0.15) is 0 Å². The Bertz CT molecular complexity index is 177. The van der Waals surface area contributed by atoms with Crippen LogP contribution in [0.4, 0.5) is 0 Å². The third-order valence-corrected chi connectivity index (χ3v) is 1.81. The van der Waals surface area contributed by atoms with Gasteiger partial charge in [0.2, 0.25) is 8.32 Å². The van der Waals surface area contributed by atoms with E-state index in [9.17, 15) is 4.79 Å². The van der Waals surface area contributed by atoms with Crippen molar-refractivity contribution in [1.29, 1.82) is 0 Å². The van der Waals surface area contributed by atoms with E-state index in [4.69, 9.17) is 4.43 Å². The Morgan fingerprint density at radius 3 is 2.00 bits per heavy atom. The number of allylic oxidation sites excluding steroid dienone is 2. The molecule has 0 aromatic heterocycles. The van der Waals surface area contributed by atoms with Crippen LogP contribution in [0.3, 0.4) is 0 Å². The van der Waals surface area contributed by atoms with Gasteiger partial charge in [-0.1, -0.05) is 0 Å². The van der Waals surface area contributed by atoms with Crippen LogP contribution in [0.15, 0.2) is 11.8 Å². The van der Waals surface area contributed by atoms with E-state index >= 15 is 0 Å². The molecular weight excluding hydrogens is 156 g/mol. The Balaban J connectivity index is 4.07. The minimum Gasteiger partial charge on any atom is -0.547 e. The number of hydrogen-bond acceptors (Lipinski definition) is 2. The van der Waals surface area contributed by atoms with E-state index < -0.39 is 8.32 Å². The summed E-state index contributed by atoms with van der Waals surface area (Å²) in [5.41, 5.74) is 0. The van der Waals surface area contributed by atoms with Gasteiger partial charge in [0.25, 0.3) is 0 Å². The second-order valence-corrected chi connectivity index (χ2v) is 8.01. The van der Waals surface area contributed by atoms with Gasteiger partial charge in [0.05, 0.1) is 5.76 Å². The van der Waals surface area contributed by atoms with Crippen LogP contribution in [-0.2, 0) is 9.22 Å². The van der Waals surface area contributed by atoms with Crippen molar-refractivity contribution < 1.29 is 9.22 Å². The van der Waals surface area contributed by atoms with Crippen molar-refractivity contribution in [3.8, 4) is 0 Å². The first-order chi connectivity index (χ1) is 4.81. The van der Waals surface area contributed by atoms with Crippen molar-refractivity contribution in [1.82, 2.24) is 0 Å². The lowest BCUT2D eigenvalue weighted by molar-refractivity contribution is -0.112. The highest BCUT2D eigenvalue weighted by Gasteiger charge is 2.15. The Hall–Kier alpha value is -0.573. The fourth-order valence-electron chi connectivity index (χ4n) is 0.799. The maximum atomic E-state index is 10.6. The van der Waals surface area contributed by atoms with Gasteiger partial charge in [-0.15, -0.1) is 0 Å². The maximum Gasteiger partial charge on any atom is 0.241 e. The number of carbonyl (C=O) groups excluding carboxylic acids is 1. The molecule has 0 saturated heterocycles. The van der Waals surface area contributed by atoms with Crippen molar-refractivity contribution in [3.05, 3.63) is 11.8 Å². The van der Waals surface area contributed by atoms with Crippen molar-refractivity contribution in [2.75, 3.05) is 0 Å². The molecule has 0 radical (unpaired) electrons. The lowest BCUT2D eigenvalue weighted by Gasteiger charge is -2.18. The molecule has 0 rings (SSSR count). The molecule has 0 N–H and O–H groups in total. The van der Waals surface area contributed by atoms with E-state index in [0.717, 1.165) is 5.76 Å². The van der Waals surface area contributed by atoms with E-state index in [0.29, 0.717) is 0 Å². The molecule has 64 valence electrons. The molecule has 0 aliphatic carbocycles. The van der Waals surface area contributed by atoms with Crippen molar-refractivity contribution in [2.45, 2.75) is 33.5 Å². The van der Waals surface area contributed by atoms with Crippen LogP contribution < -0.4 is 0 Å². The molecule has 0 unspecified atom stereocenters. The van der Waals surface area contributed by atoms with E-state index in [1.807, 2.05) is 6.92 Å². The first-order valence-electron chi connectivity index (χ1n) is 3.69. The summed E-state index contributed by atoms with van der Waals surface area (Å²) in [7, 11) is -1.51. The molecule has 0 aliphatic rings. The molecule has 0 heterocycles. The average molecular weight is 172 g/mol. The second-order valence-electron chi connectivity index (χ2n) is 3.58. The van der Waals surface area contributed by atoms with Gasteiger partial charge in [0.1, 0.15) is 0 Å². The van der Waals surface area contributed by atoms with Gasteiger partial charge in [-0.25, -0.2) is 0 Å². The zero-order chi connectivity index (χ0) is 9.07. The zero-order valence-corrected chi connectivity index (χ0v) is 8.89. The quantitative estimate of drug-likeness (QED) is 0.371. The molecule has 0 aromatic rings. The average Bonchev–Trinajstić information content (AvgIpc) is 1.53. The number of carbonyl (C=O) groups is 1. The predicted molar refractivity (Wildman–Crippen MR) is 48.9 cm³/mol. The van der Waals surface area contributed by atoms with Crippen LogP contribution in [0, 0.1) is 0 Å². The van der Waals surface area contributed by atoms with Gasteiger partial charge < -0.3 is 4.43 Å². The largest absolute Gasteiger partial charge is 0.547 e. The fraction of sp³-hybridized carbons (Fsp3) is 0.625. The van der Waals surface area contributed by atoms with Crippen LogP contribution >= 0.6 is 0 Å². The second kappa shape index (κ2) is 3.71. The van der Waals surface area contributed by atoms with E-state index in [1.165, 1.54) is 13.0 Å². The topological polar surface area (TPSA) is 26.3 Å². The summed E-state index contributed by atoms with van der Waals surface area (Å²) in [4.78, 5) is 10.6. The lowest BCUT2D eigenvalue weighted by atomic mass is 10.4. The molecule has 0 spiro atoms. The fourth-order valence-corrected chi connectivity index (χ4v) is 1.82. The van der Waals surface area contributed by atoms with Gasteiger partial charge >= 0.3 is 0 Å². The predicted octanol–water partition coefficient (Wildman–Crippen LogP) is 2.33. The Morgan fingerprint density at radius 2 is 1.73 bits per heavy atom. The highest BCUT2D eigenvalue weighted by molar-refractivity contribution is 6.70. The smallest absolute Gasteiger partial charge is 0.241 e. The number of ketones is 1. The van der Waals surface area contributed by atoms with Crippen LogP contribution in [0.5, 0.6) is 0 Å². The monoisotopic (exact) mass is 172 g/mol. The molecule has 0 aliphatic heterocycles. The molecule has 11 heavy (non-hydrogen) atoms. The molecule has 0 aromatic carbocycles. The van der Waals surface area contributed by atoms with Gasteiger partial charge in [-0.3, -0.25) is 4.79 Å². The highest BCUT2D eigenvalue weighted by Crippen LogP contribution is 2.09. The highest BCUT2D eigenvalue weighted by atomic mass is 28.4. The molecule has 0 bridgehead atoms. The minimum absolute atomic E-state index is 0.0424. The molecule has 0 saturated carbocycles. The zero-order valence-electron chi connectivity index (χ0n) is 7.89. The summed E-state index contributed by atoms with van der Waals surface area (Å²) in [6, 6.07) is 0. The lowest BCUT2D eigenvalue weighted by Crippen LogP contribution is -2.24. The number of rotatable bonds is 3. The van der Waals surface area contributed by atoms with Crippen LogP contribution in [0.1, 0.15) is 13.8 Å². The summed E-state index contributed by atoms with van der Waals surface area (Å²) in [6.07, 6.45) is 1.53. The first-order valence-corrected chi connectivity index (χ1v) is 7.10. The van der Waals surface area contributed by atoms with Crippen LogP contribution in [0.2, 0.25) is 19.6 Å². The normalized spacial score (nSPS) is 13.0. The molecule has 0 atom stereocenters. The molecular formula is C8H16O2Si. The maximum absolute atomic E-state index is 10.6.